The van der Waals surface area contributed by atoms with Gasteiger partial charge in [0, 0.05) is 5.56 Å². The number of rotatable bonds is 4. The maximum absolute atomic E-state index is 13.3. The van der Waals surface area contributed by atoms with Crippen molar-refractivity contribution in [2.45, 2.75) is 24.9 Å². The Morgan fingerprint density at radius 2 is 1.85 bits per heavy atom. The number of hydrogen-bond donors (Lipinski definition) is 2. The molecule has 2 fully saturated rings. The number of carbonyl (C=O) groups is 3. The molecule has 0 unspecified atom stereocenters. The normalized spacial score (nSPS) is 23.5. The molecule has 1 spiro atoms. The molecule has 4 aliphatic rings. The first-order valence-corrected chi connectivity index (χ1v) is 11.8. The molecule has 4 amide bonds. The van der Waals surface area contributed by atoms with Crippen LogP contribution in [0.4, 0.5) is 4.79 Å². The second kappa shape index (κ2) is 8.02. The Morgan fingerprint density at radius 1 is 1.06 bits per heavy atom. The summed E-state index contributed by atoms with van der Waals surface area (Å²) in [6.07, 6.45) is 1.27. The van der Waals surface area contributed by atoms with Crippen molar-refractivity contribution in [1.82, 2.24) is 15.1 Å². The number of imide groups is 1. The van der Waals surface area contributed by atoms with Crippen LogP contribution in [0.15, 0.2) is 42.5 Å². The van der Waals surface area contributed by atoms with Crippen LogP contribution in [0, 0.1) is 0 Å². The molecule has 1 atom stereocenters. The summed E-state index contributed by atoms with van der Waals surface area (Å²) in [5.74, 6) is 1.05. The quantitative estimate of drug-likeness (QED) is 0.625. The molecule has 3 heterocycles. The molecule has 2 saturated heterocycles. The minimum atomic E-state index is -1.03. The number of aryl methyl sites for hydroxylation is 1. The van der Waals surface area contributed by atoms with Gasteiger partial charge in [-0.05, 0) is 42.2 Å². The summed E-state index contributed by atoms with van der Waals surface area (Å²) in [5.41, 5.74) is 2.07. The van der Waals surface area contributed by atoms with Crippen molar-refractivity contribution in [2.75, 3.05) is 39.5 Å². The van der Waals surface area contributed by atoms with Gasteiger partial charge in [-0.1, -0.05) is 24.3 Å². The zero-order chi connectivity index (χ0) is 23.3. The van der Waals surface area contributed by atoms with Crippen LogP contribution in [0.5, 0.6) is 11.5 Å². The maximum atomic E-state index is 13.3. The Labute approximate surface area is 197 Å². The van der Waals surface area contributed by atoms with Crippen molar-refractivity contribution in [3.8, 4) is 11.5 Å². The van der Waals surface area contributed by atoms with Gasteiger partial charge in [0.2, 0.25) is 12.7 Å². The fourth-order valence-corrected chi connectivity index (χ4v) is 5.56. The number of hydrogen-bond acceptors (Lipinski definition) is 5. The number of amides is 4. The Morgan fingerprint density at radius 3 is 2.71 bits per heavy atom. The first-order valence-electron chi connectivity index (χ1n) is 11.8. The van der Waals surface area contributed by atoms with Crippen molar-refractivity contribution in [1.29, 1.82) is 0 Å². The van der Waals surface area contributed by atoms with Crippen molar-refractivity contribution in [3.05, 3.63) is 59.2 Å². The SMILES string of the molecule is O=C(CN1C(=O)N[C@]2(CCc3ccccc32)C1=O)N1CC[NH+](Cc2ccc3c(c2)OCO3)CC1. The molecule has 0 radical (unpaired) electrons. The molecule has 0 bridgehead atoms. The van der Waals surface area contributed by atoms with Gasteiger partial charge in [0.25, 0.3) is 5.91 Å². The summed E-state index contributed by atoms with van der Waals surface area (Å²) in [6, 6.07) is 13.2. The third-order valence-electron chi connectivity index (χ3n) is 7.43. The number of fused-ring (bicyclic) bond motifs is 3. The van der Waals surface area contributed by atoms with Crippen LogP contribution < -0.4 is 19.7 Å². The third kappa shape index (κ3) is 3.38. The number of benzene rings is 2. The van der Waals surface area contributed by atoms with Gasteiger partial charge in [0.1, 0.15) is 18.6 Å². The third-order valence-corrected chi connectivity index (χ3v) is 7.43. The van der Waals surface area contributed by atoms with Crippen molar-refractivity contribution >= 4 is 17.8 Å². The van der Waals surface area contributed by atoms with Gasteiger partial charge >= 0.3 is 6.03 Å². The molecule has 6 rings (SSSR count). The number of ether oxygens (including phenoxy) is 2. The molecule has 9 nitrogen and oxygen atoms in total. The number of carbonyl (C=O) groups excluding carboxylic acids is 3. The zero-order valence-electron chi connectivity index (χ0n) is 18.8. The second-order valence-corrected chi connectivity index (χ2v) is 9.38. The maximum Gasteiger partial charge on any atom is 0.325 e. The van der Waals surface area contributed by atoms with E-state index in [1.807, 2.05) is 42.5 Å². The van der Waals surface area contributed by atoms with Crippen molar-refractivity contribution < 1.29 is 28.8 Å². The van der Waals surface area contributed by atoms with Crippen LogP contribution in [0.1, 0.15) is 23.1 Å². The van der Waals surface area contributed by atoms with Crippen molar-refractivity contribution in [2.24, 2.45) is 0 Å². The fourth-order valence-electron chi connectivity index (χ4n) is 5.56. The number of nitrogens with one attached hydrogen (secondary N) is 2. The second-order valence-electron chi connectivity index (χ2n) is 9.38. The van der Waals surface area contributed by atoms with Gasteiger partial charge in [0.05, 0.1) is 26.2 Å². The van der Waals surface area contributed by atoms with Crippen LogP contribution in [0.3, 0.4) is 0 Å². The molecule has 2 aromatic rings. The minimum Gasteiger partial charge on any atom is -0.454 e. The Hall–Kier alpha value is -3.59. The summed E-state index contributed by atoms with van der Waals surface area (Å²) >= 11 is 0. The fraction of sp³-hybridized carbons (Fsp3) is 0.400. The van der Waals surface area contributed by atoms with Gasteiger partial charge in [-0.3, -0.25) is 14.5 Å². The van der Waals surface area contributed by atoms with Crippen LogP contribution in [0.25, 0.3) is 0 Å². The largest absolute Gasteiger partial charge is 0.454 e. The van der Waals surface area contributed by atoms with Gasteiger partial charge < -0.3 is 24.6 Å². The number of nitrogens with zero attached hydrogens (tertiary/aromatic N) is 2. The summed E-state index contributed by atoms with van der Waals surface area (Å²) in [5, 5.41) is 2.89. The molecule has 1 aliphatic carbocycles. The Balaban J connectivity index is 1.06. The average molecular weight is 464 g/mol. The van der Waals surface area contributed by atoms with E-state index in [-0.39, 0.29) is 25.2 Å². The molecule has 2 N–H and O–H groups in total. The van der Waals surface area contributed by atoms with E-state index in [1.165, 1.54) is 10.5 Å². The molecule has 3 aliphatic heterocycles. The monoisotopic (exact) mass is 463 g/mol. The first-order chi connectivity index (χ1) is 16.5. The summed E-state index contributed by atoms with van der Waals surface area (Å²) in [4.78, 5) is 43.2. The zero-order valence-corrected chi connectivity index (χ0v) is 18.8. The van der Waals surface area contributed by atoms with E-state index in [2.05, 4.69) is 5.32 Å². The summed E-state index contributed by atoms with van der Waals surface area (Å²) in [6.45, 7) is 3.68. The lowest BCUT2D eigenvalue weighted by atomic mass is 9.92. The molecule has 9 heteroatoms. The van der Waals surface area contributed by atoms with Gasteiger partial charge in [-0.15, -0.1) is 0 Å². The van der Waals surface area contributed by atoms with E-state index in [1.54, 1.807) is 4.90 Å². The van der Waals surface area contributed by atoms with Crippen LogP contribution in [-0.2, 0) is 28.1 Å². The molecular weight excluding hydrogens is 436 g/mol. The molecular formula is C25H27N4O5+. The van der Waals surface area contributed by atoms with E-state index >= 15 is 0 Å². The van der Waals surface area contributed by atoms with E-state index < -0.39 is 11.6 Å². The Bertz CT molecular complexity index is 1180. The summed E-state index contributed by atoms with van der Waals surface area (Å²) < 4.78 is 10.8. The van der Waals surface area contributed by atoms with E-state index in [9.17, 15) is 14.4 Å². The predicted molar refractivity (Wildman–Crippen MR) is 120 cm³/mol. The molecule has 176 valence electrons. The van der Waals surface area contributed by atoms with Crippen LogP contribution in [0.2, 0.25) is 0 Å². The van der Waals surface area contributed by atoms with Crippen molar-refractivity contribution in [3.63, 3.8) is 0 Å². The standard InChI is InChI=1S/C25H26N4O5/c30-22(15-29-23(31)25(26-24(29)32)8-7-18-3-1-2-4-19(18)25)28-11-9-27(10-12-28)14-17-5-6-20-21(13-17)34-16-33-20/h1-6,13H,7-12,14-16H2,(H,26,32)/p+1/t25-/m0/s1. The molecule has 0 aromatic heterocycles. The highest BCUT2D eigenvalue weighted by Crippen LogP contribution is 2.41. The van der Waals surface area contributed by atoms with Crippen LogP contribution in [-0.4, -0.2) is 67.2 Å². The van der Waals surface area contributed by atoms with Crippen LogP contribution >= 0.6 is 0 Å². The van der Waals surface area contributed by atoms with E-state index in [4.69, 9.17) is 9.47 Å². The number of piperazine rings is 1. The topological polar surface area (TPSA) is 92.6 Å². The van der Waals surface area contributed by atoms with Gasteiger partial charge in [0.15, 0.2) is 11.5 Å². The summed E-state index contributed by atoms with van der Waals surface area (Å²) in [7, 11) is 0. The Kier molecular flexibility index (Phi) is 4.95. The lowest BCUT2D eigenvalue weighted by Crippen LogP contribution is -3.13. The highest BCUT2D eigenvalue weighted by atomic mass is 16.7. The lowest BCUT2D eigenvalue weighted by molar-refractivity contribution is -0.917. The average Bonchev–Trinajstić information content (AvgIpc) is 3.53. The minimum absolute atomic E-state index is 0.186. The highest BCUT2D eigenvalue weighted by Gasteiger charge is 2.55. The number of urea groups is 1. The highest BCUT2D eigenvalue weighted by molar-refractivity contribution is 6.09. The molecule has 0 saturated carbocycles. The predicted octanol–water partition coefficient (Wildman–Crippen LogP) is 0.0359. The van der Waals surface area contributed by atoms with E-state index in [0.717, 1.165) is 53.6 Å². The first kappa shape index (κ1) is 21.0. The lowest BCUT2D eigenvalue weighted by Gasteiger charge is -2.33. The van der Waals surface area contributed by atoms with E-state index in [0.29, 0.717) is 19.5 Å². The van der Waals surface area contributed by atoms with Gasteiger partial charge in [-0.25, -0.2) is 4.79 Å². The smallest absolute Gasteiger partial charge is 0.325 e. The number of quaternary nitrogens is 1. The molecule has 2 aromatic carbocycles. The van der Waals surface area contributed by atoms with Gasteiger partial charge in [-0.2, -0.15) is 0 Å². The molecule has 34 heavy (non-hydrogen) atoms.